The van der Waals surface area contributed by atoms with E-state index in [0.717, 1.165) is 6.33 Å². The maximum atomic E-state index is 10.9. The molecule has 0 saturated carbocycles. The van der Waals surface area contributed by atoms with Crippen LogP contribution in [-0.2, 0) is 0 Å². The SMILES string of the molecule is CCOc1cccc(Oc2ncnc(N)c2[N+](=O)[O-])c1. The average molecular weight is 276 g/mol. The van der Waals surface area contributed by atoms with Gasteiger partial charge in [0.1, 0.15) is 17.8 Å². The van der Waals surface area contributed by atoms with Crippen molar-refractivity contribution in [3.8, 4) is 17.4 Å². The number of rotatable bonds is 5. The third-order valence-electron chi connectivity index (χ3n) is 2.33. The minimum absolute atomic E-state index is 0.212. The normalized spacial score (nSPS) is 10.1. The number of anilines is 1. The predicted octanol–water partition coefficient (Wildman–Crippen LogP) is 2.16. The summed E-state index contributed by atoms with van der Waals surface area (Å²) in [6.07, 6.45) is 1.10. The Bertz CT molecular complexity index is 633. The number of nitrogens with two attached hydrogens (primary N) is 1. The van der Waals surface area contributed by atoms with Crippen LogP contribution in [0.3, 0.4) is 0 Å². The Morgan fingerprint density at radius 2 is 2.10 bits per heavy atom. The fourth-order valence-electron chi connectivity index (χ4n) is 1.53. The van der Waals surface area contributed by atoms with Crippen molar-refractivity contribution in [2.75, 3.05) is 12.3 Å². The Hall–Kier alpha value is -2.90. The summed E-state index contributed by atoms with van der Waals surface area (Å²) in [5, 5.41) is 10.9. The average Bonchev–Trinajstić information content (AvgIpc) is 2.39. The second-order valence-electron chi connectivity index (χ2n) is 3.68. The molecule has 2 aromatic rings. The Kier molecular flexibility index (Phi) is 3.94. The summed E-state index contributed by atoms with van der Waals surface area (Å²) < 4.78 is 10.7. The number of hydrogen-bond donors (Lipinski definition) is 1. The Morgan fingerprint density at radius 1 is 1.35 bits per heavy atom. The molecule has 0 aliphatic rings. The topological polar surface area (TPSA) is 113 Å². The van der Waals surface area contributed by atoms with Crippen LogP contribution in [-0.4, -0.2) is 21.5 Å². The van der Waals surface area contributed by atoms with Gasteiger partial charge in [0.15, 0.2) is 0 Å². The standard InChI is InChI=1S/C12H12N4O4/c1-2-19-8-4-3-5-9(6-8)20-12-10(16(17)18)11(13)14-7-15-12/h3-7H,2H2,1H3,(H2,13,14,15). The first-order chi connectivity index (χ1) is 9.61. The van der Waals surface area contributed by atoms with Gasteiger partial charge in [-0.25, -0.2) is 4.98 Å². The summed E-state index contributed by atoms with van der Waals surface area (Å²) in [5.74, 6) is 0.490. The lowest BCUT2D eigenvalue weighted by molar-refractivity contribution is -0.385. The molecule has 0 aliphatic heterocycles. The number of hydrogen-bond acceptors (Lipinski definition) is 7. The van der Waals surface area contributed by atoms with Gasteiger partial charge in [-0.2, -0.15) is 4.98 Å². The smallest absolute Gasteiger partial charge is 0.372 e. The van der Waals surface area contributed by atoms with Crippen LogP contribution in [0, 0.1) is 10.1 Å². The summed E-state index contributed by atoms with van der Waals surface area (Å²) in [7, 11) is 0. The Labute approximate surface area is 114 Å². The van der Waals surface area contributed by atoms with Crippen molar-refractivity contribution in [2.24, 2.45) is 0 Å². The molecule has 2 N–H and O–H groups in total. The quantitative estimate of drug-likeness (QED) is 0.657. The van der Waals surface area contributed by atoms with Gasteiger partial charge in [-0.05, 0) is 19.1 Å². The van der Waals surface area contributed by atoms with Gasteiger partial charge in [-0.3, -0.25) is 10.1 Å². The maximum Gasteiger partial charge on any atom is 0.372 e. The summed E-state index contributed by atoms with van der Waals surface area (Å²) in [5.41, 5.74) is 4.99. The summed E-state index contributed by atoms with van der Waals surface area (Å²) in [6.45, 7) is 2.35. The molecule has 0 spiro atoms. The largest absolute Gasteiger partial charge is 0.494 e. The van der Waals surface area contributed by atoms with Gasteiger partial charge in [0.05, 0.1) is 11.5 Å². The fourth-order valence-corrected chi connectivity index (χ4v) is 1.53. The molecule has 8 heteroatoms. The van der Waals surface area contributed by atoms with Crippen molar-refractivity contribution in [1.82, 2.24) is 9.97 Å². The van der Waals surface area contributed by atoms with Crippen LogP contribution in [0.2, 0.25) is 0 Å². The van der Waals surface area contributed by atoms with Gasteiger partial charge in [-0.1, -0.05) is 6.07 Å². The number of ether oxygens (including phenoxy) is 2. The summed E-state index contributed by atoms with van der Waals surface area (Å²) >= 11 is 0. The molecule has 104 valence electrons. The van der Waals surface area contributed by atoms with E-state index in [9.17, 15) is 10.1 Å². The van der Waals surface area contributed by atoms with Crippen molar-refractivity contribution >= 4 is 11.5 Å². The molecule has 0 amide bonds. The molecule has 20 heavy (non-hydrogen) atoms. The Balaban J connectivity index is 2.32. The second kappa shape index (κ2) is 5.83. The first kappa shape index (κ1) is 13.5. The highest BCUT2D eigenvalue weighted by atomic mass is 16.6. The van der Waals surface area contributed by atoms with Crippen molar-refractivity contribution in [2.45, 2.75) is 6.92 Å². The number of nitrogen functional groups attached to an aromatic ring is 1. The minimum Gasteiger partial charge on any atom is -0.494 e. The van der Waals surface area contributed by atoms with E-state index in [0.29, 0.717) is 18.1 Å². The first-order valence-corrected chi connectivity index (χ1v) is 5.77. The first-order valence-electron chi connectivity index (χ1n) is 5.77. The number of nitrogens with zero attached hydrogens (tertiary/aromatic N) is 3. The maximum absolute atomic E-state index is 10.9. The molecule has 0 radical (unpaired) electrons. The van der Waals surface area contributed by atoms with Crippen molar-refractivity contribution in [3.05, 3.63) is 40.7 Å². The molecule has 1 aromatic heterocycles. The van der Waals surface area contributed by atoms with E-state index in [1.807, 2.05) is 6.92 Å². The van der Waals surface area contributed by atoms with E-state index in [4.69, 9.17) is 15.2 Å². The number of benzene rings is 1. The van der Waals surface area contributed by atoms with Crippen LogP contribution in [0.25, 0.3) is 0 Å². The molecule has 2 rings (SSSR count). The highest BCUT2D eigenvalue weighted by Gasteiger charge is 2.23. The molecular formula is C12H12N4O4. The van der Waals surface area contributed by atoms with Gasteiger partial charge in [0.2, 0.25) is 5.82 Å². The van der Waals surface area contributed by atoms with E-state index in [-0.39, 0.29) is 11.7 Å². The van der Waals surface area contributed by atoms with E-state index < -0.39 is 10.6 Å². The minimum atomic E-state index is -0.683. The summed E-state index contributed by atoms with van der Waals surface area (Å²) in [4.78, 5) is 17.6. The Morgan fingerprint density at radius 3 is 2.80 bits per heavy atom. The fraction of sp³-hybridized carbons (Fsp3) is 0.167. The third kappa shape index (κ3) is 2.91. The predicted molar refractivity (Wildman–Crippen MR) is 70.8 cm³/mol. The molecule has 0 aliphatic carbocycles. The van der Waals surface area contributed by atoms with E-state index in [1.54, 1.807) is 24.3 Å². The molecular weight excluding hydrogens is 264 g/mol. The monoisotopic (exact) mass is 276 g/mol. The van der Waals surface area contributed by atoms with Crippen LogP contribution >= 0.6 is 0 Å². The van der Waals surface area contributed by atoms with Gasteiger partial charge in [-0.15, -0.1) is 0 Å². The zero-order valence-corrected chi connectivity index (χ0v) is 10.6. The third-order valence-corrected chi connectivity index (χ3v) is 2.33. The highest BCUT2D eigenvalue weighted by Crippen LogP contribution is 2.33. The van der Waals surface area contributed by atoms with E-state index in [1.165, 1.54) is 0 Å². The lowest BCUT2D eigenvalue weighted by Gasteiger charge is -2.08. The molecule has 0 bridgehead atoms. The van der Waals surface area contributed by atoms with Crippen molar-refractivity contribution < 1.29 is 14.4 Å². The molecule has 1 aromatic carbocycles. The second-order valence-corrected chi connectivity index (χ2v) is 3.68. The molecule has 1 heterocycles. The summed E-state index contributed by atoms with van der Waals surface area (Å²) in [6, 6.07) is 6.69. The molecule has 0 unspecified atom stereocenters. The van der Waals surface area contributed by atoms with Crippen LogP contribution in [0.5, 0.6) is 17.4 Å². The lowest BCUT2D eigenvalue weighted by atomic mass is 10.3. The van der Waals surface area contributed by atoms with Crippen LogP contribution in [0.1, 0.15) is 6.92 Å². The lowest BCUT2D eigenvalue weighted by Crippen LogP contribution is -2.02. The van der Waals surface area contributed by atoms with Gasteiger partial charge in [0, 0.05) is 6.07 Å². The van der Waals surface area contributed by atoms with E-state index in [2.05, 4.69) is 9.97 Å². The van der Waals surface area contributed by atoms with Gasteiger partial charge >= 0.3 is 11.6 Å². The van der Waals surface area contributed by atoms with Crippen molar-refractivity contribution in [1.29, 1.82) is 0 Å². The van der Waals surface area contributed by atoms with Crippen LogP contribution in [0.15, 0.2) is 30.6 Å². The van der Waals surface area contributed by atoms with Gasteiger partial charge < -0.3 is 15.2 Å². The molecule has 0 fully saturated rings. The van der Waals surface area contributed by atoms with Crippen LogP contribution in [0.4, 0.5) is 11.5 Å². The zero-order chi connectivity index (χ0) is 14.5. The van der Waals surface area contributed by atoms with Crippen LogP contribution < -0.4 is 15.2 Å². The number of aromatic nitrogens is 2. The van der Waals surface area contributed by atoms with Gasteiger partial charge in [0.25, 0.3) is 0 Å². The number of nitro groups is 1. The van der Waals surface area contributed by atoms with Crippen molar-refractivity contribution in [3.63, 3.8) is 0 Å². The zero-order valence-electron chi connectivity index (χ0n) is 10.6. The molecule has 0 atom stereocenters. The highest BCUT2D eigenvalue weighted by molar-refractivity contribution is 5.58. The molecule has 8 nitrogen and oxygen atoms in total. The molecule has 0 saturated heterocycles. The van der Waals surface area contributed by atoms with E-state index >= 15 is 0 Å².